The zero-order chi connectivity index (χ0) is 25.5. The molecule has 0 saturated carbocycles. The highest BCUT2D eigenvalue weighted by molar-refractivity contribution is 6.30. The maximum Gasteiger partial charge on any atom is 0.258 e. The van der Waals surface area contributed by atoms with Gasteiger partial charge in [0.05, 0.1) is 6.04 Å². The van der Waals surface area contributed by atoms with Gasteiger partial charge in [-0.3, -0.25) is 9.69 Å². The van der Waals surface area contributed by atoms with Gasteiger partial charge in [0, 0.05) is 63.2 Å². The van der Waals surface area contributed by atoms with Crippen LogP contribution < -0.4 is 19.9 Å². The number of carbonyl (C=O) groups excluding carboxylic acids is 1. The minimum Gasteiger partial charge on any atom is -0.484 e. The van der Waals surface area contributed by atoms with E-state index in [-0.39, 0.29) is 24.4 Å². The van der Waals surface area contributed by atoms with E-state index in [9.17, 15) is 9.18 Å². The summed E-state index contributed by atoms with van der Waals surface area (Å²) in [7, 11) is 4.03. The van der Waals surface area contributed by atoms with Crippen LogP contribution in [0.25, 0.3) is 0 Å². The summed E-state index contributed by atoms with van der Waals surface area (Å²) >= 11 is 5.91. The number of carbonyl (C=O) groups is 1. The highest BCUT2D eigenvalue weighted by Gasteiger charge is 2.26. The summed E-state index contributed by atoms with van der Waals surface area (Å²) in [5.41, 5.74) is 3.30. The minimum absolute atomic E-state index is 0.0241. The third kappa shape index (κ3) is 6.89. The lowest BCUT2D eigenvalue weighted by Crippen LogP contribution is -2.50. The molecule has 8 heteroatoms. The number of hydrogen-bond donors (Lipinski definition) is 1. The number of amides is 1. The van der Waals surface area contributed by atoms with Gasteiger partial charge in [-0.05, 0) is 66.2 Å². The molecule has 1 unspecified atom stereocenters. The first-order chi connectivity index (χ1) is 17.4. The van der Waals surface area contributed by atoms with Gasteiger partial charge in [0.2, 0.25) is 0 Å². The molecule has 3 aromatic rings. The van der Waals surface area contributed by atoms with Crippen molar-refractivity contribution < 1.29 is 13.9 Å². The molecular formula is C28H32ClFN4O2. The first-order valence-electron chi connectivity index (χ1n) is 12.1. The molecule has 0 bridgehead atoms. The fraction of sp³-hybridized carbons (Fsp3) is 0.321. The van der Waals surface area contributed by atoms with Crippen LogP contribution >= 0.6 is 11.6 Å². The molecule has 4 rings (SSSR count). The van der Waals surface area contributed by atoms with E-state index in [0.29, 0.717) is 17.3 Å². The molecule has 36 heavy (non-hydrogen) atoms. The molecule has 1 fully saturated rings. The second-order valence-electron chi connectivity index (χ2n) is 9.05. The maximum absolute atomic E-state index is 13.3. The lowest BCUT2D eigenvalue weighted by atomic mass is 10.0. The fourth-order valence-electron chi connectivity index (χ4n) is 4.34. The molecule has 3 aromatic carbocycles. The Bertz CT molecular complexity index is 1120. The Morgan fingerprint density at radius 1 is 0.972 bits per heavy atom. The predicted octanol–water partition coefficient (Wildman–Crippen LogP) is 4.60. The molecule has 1 N–H and O–H groups in total. The second kappa shape index (κ2) is 12.1. The van der Waals surface area contributed by atoms with Gasteiger partial charge in [0.15, 0.2) is 6.61 Å². The molecule has 190 valence electrons. The van der Waals surface area contributed by atoms with E-state index < -0.39 is 0 Å². The molecule has 1 atom stereocenters. The fourth-order valence-corrected chi connectivity index (χ4v) is 4.46. The van der Waals surface area contributed by atoms with Crippen molar-refractivity contribution in [1.29, 1.82) is 0 Å². The normalized spacial score (nSPS) is 14.8. The van der Waals surface area contributed by atoms with Crippen molar-refractivity contribution in [2.75, 3.05) is 63.2 Å². The number of anilines is 2. The van der Waals surface area contributed by atoms with Gasteiger partial charge in [0.1, 0.15) is 11.6 Å². The molecule has 0 radical (unpaired) electrons. The number of benzene rings is 3. The number of halogens is 2. The average Bonchev–Trinajstić information content (AvgIpc) is 2.89. The van der Waals surface area contributed by atoms with Crippen molar-refractivity contribution in [2.24, 2.45) is 0 Å². The Kier molecular flexibility index (Phi) is 8.67. The molecule has 6 nitrogen and oxygen atoms in total. The number of piperazine rings is 1. The van der Waals surface area contributed by atoms with E-state index in [1.165, 1.54) is 12.1 Å². The van der Waals surface area contributed by atoms with Crippen LogP contribution in [0.3, 0.4) is 0 Å². The smallest absolute Gasteiger partial charge is 0.258 e. The van der Waals surface area contributed by atoms with Crippen molar-refractivity contribution >= 4 is 28.9 Å². The summed E-state index contributed by atoms with van der Waals surface area (Å²) in [6.45, 7) is 3.72. The predicted molar refractivity (Wildman–Crippen MR) is 144 cm³/mol. The molecule has 1 aliphatic heterocycles. The number of hydrogen-bond acceptors (Lipinski definition) is 5. The summed E-state index contributed by atoms with van der Waals surface area (Å²) in [5, 5.41) is 3.67. The summed E-state index contributed by atoms with van der Waals surface area (Å²) in [4.78, 5) is 19.3. The molecular weight excluding hydrogens is 479 g/mol. The Morgan fingerprint density at radius 2 is 1.61 bits per heavy atom. The second-order valence-corrected chi connectivity index (χ2v) is 9.48. The van der Waals surface area contributed by atoms with Gasteiger partial charge in [0.25, 0.3) is 5.91 Å². The van der Waals surface area contributed by atoms with E-state index in [2.05, 4.69) is 44.3 Å². The Labute approximate surface area is 217 Å². The van der Waals surface area contributed by atoms with Crippen LogP contribution in [0.2, 0.25) is 5.02 Å². The van der Waals surface area contributed by atoms with Gasteiger partial charge in [-0.25, -0.2) is 4.39 Å². The largest absolute Gasteiger partial charge is 0.484 e. The van der Waals surface area contributed by atoms with Crippen molar-refractivity contribution in [1.82, 2.24) is 10.2 Å². The third-order valence-electron chi connectivity index (χ3n) is 6.42. The van der Waals surface area contributed by atoms with Crippen LogP contribution in [0, 0.1) is 5.82 Å². The zero-order valence-electron chi connectivity index (χ0n) is 20.7. The highest BCUT2D eigenvalue weighted by atomic mass is 35.5. The van der Waals surface area contributed by atoms with Crippen LogP contribution in [-0.2, 0) is 4.79 Å². The topological polar surface area (TPSA) is 48.1 Å². The standard InChI is InChI=1S/C28H32ClFN4O2/c1-32(2)24-9-3-21(4-10-24)27(19-31-28(35)20-36-26-13-5-22(29)6-14-26)34-17-15-33(16-18-34)25-11-7-23(30)8-12-25/h3-14,27H,15-20H2,1-2H3,(H,31,35). The Hall–Kier alpha value is -3.29. The summed E-state index contributed by atoms with van der Waals surface area (Å²) in [6, 6.07) is 22.1. The summed E-state index contributed by atoms with van der Waals surface area (Å²) < 4.78 is 18.9. The van der Waals surface area contributed by atoms with Gasteiger partial charge < -0.3 is 19.9 Å². The Morgan fingerprint density at radius 3 is 2.22 bits per heavy atom. The lowest BCUT2D eigenvalue weighted by Gasteiger charge is -2.40. The Balaban J connectivity index is 1.39. The minimum atomic E-state index is -0.227. The van der Waals surface area contributed by atoms with Gasteiger partial charge in [-0.1, -0.05) is 23.7 Å². The SMILES string of the molecule is CN(C)c1ccc(C(CNC(=O)COc2ccc(Cl)cc2)N2CCN(c3ccc(F)cc3)CC2)cc1. The van der Waals surface area contributed by atoms with Crippen molar-refractivity contribution in [3.05, 3.63) is 89.2 Å². The van der Waals surface area contributed by atoms with Crippen LogP contribution in [0.15, 0.2) is 72.8 Å². The summed E-state index contributed by atoms with van der Waals surface area (Å²) in [5.74, 6) is 0.196. The zero-order valence-corrected chi connectivity index (χ0v) is 21.4. The van der Waals surface area contributed by atoms with Crippen LogP contribution in [0.4, 0.5) is 15.8 Å². The van der Waals surface area contributed by atoms with Crippen molar-refractivity contribution in [3.63, 3.8) is 0 Å². The van der Waals surface area contributed by atoms with E-state index in [1.807, 2.05) is 26.2 Å². The monoisotopic (exact) mass is 510 g/mol. The summed E-state index contributed by atoms with van der Waals surface area (Å²) in [6.07, 6.45) is 0. The number of nitrogens with zero attached hydrogens (tertiary/aromatic N) is 3. The first-order valence-corrected chi connectivity index (χ1v) is 12.4. The molecule has 1 heterocycles. The van der Waals surface area contributed by atoms with Crippen LogP contribution in [-0.4, -0.2) is 64.2 Å². The van der Waals surface area contributed by atoms with E-state index in [4.69, 9.17) is 16.3 Å². The van der Waals surface area contributed by atoms with E-state index in [1.54, 1.807) is 24.3 Å². The van der Waals surface area contributed by atoms with Crippen molar-refractivity contribution in [3.8, 4) is 5.75 Å². The number of nitrogens with one attached hydrogen (secondary N) is 1. The molecule has 1 amide bonds. The van der Waals surface area contributed by atoms with Crippen LogP contribution in [0.5, 0.6) is 5.75 Å². The average molecular weight is 511 g/mol. The molecule has 0 aliphatic carbocycles. The van der Waals surface area contributed by atoms with Crippen LogP contribution in [0.1, 0.15) is 11.6 Å². The molecule has 1 saturated heterocycles. The lowest BCUT2D eigenvalue weighted by molar-refractivity contribution is -0.123. The highest BCUT2D eigenvalue weighted by Crippen LogP contribution is 2.26. The maximum atomic E-state index is 13.3. The quantitative estimate of drug-likeness (QED) is 0.456. The molecule has 0 aromatic heterocycles. The van der Waals surface area contributed by atoms with Crippen molar-refractivity contribution in [2.45, 2.75) is 6.04 Å². The van der Waals surface area contributed by atoms with Gasteiger partial charge in [-0.15, -0.1) is 0 Å². The van der Waals surface area contributed by atoms with E-state index in [0.717, 1.165) is 43.1 Å². The van der Waals surface area contributed by atoms with Gasteiger partial charge in [-0.2, -0.15) is 0 Å². The first kappa shape index (κ1) is 25.8. The number of ether oxygens (including phenoxy) is 1. The third-order valence-corrected chi connectivity index (χ3v) is 6.67. The van der Waals surface area contributed by atoms with Gasteiger partial charge >= 0.3 is 0 Å². The van der Waals surface area contributed by atoms with E-state index >= 15 is 0 Å². The molecule has 1 aliphatic rings. The number of rotatable bonds is 9. The molecule has 0 spiro atoms.